The lowest BCUT2D eigenvalue weighted by molar-refractivity contribution is 0.486. The largest absolute Gasteiger partial charge is 0.399 e. The van der Waals surface area contributed by atoms with Gasteiger partial charge in [0.05, 0.1) is 0 Å². The first-order valence-corrected chi connectivity index (χ1v) is 6.15. The van der Waals surface area contributed by atoms with Gasteiger partial charge in [-0.25, -0.2) is 26.9 Å². The SMILES string of the molecule is Nc1cc(F)c(F)c(S(=O)(=O)Nc2ncc[nH]2)c1. The van der Waals surface area contributed by atoms with Gasteiger partial charge in [0.1, 0.15) is 4.90 Å². The molecule has 0 radical (unpaired) electrons. The zero-order valence-electron chi connectivity index (χ0n) is 8.81. The smallest absolute Gasteiger partial charge is 0.267 e. The summed E-state index contributed by atoms with van der Waals surface area (Å²) in [6.45, 7) is 0. The molecule has 0 bridgehead atoms. The van der Waals surface area contributed by atoms with Gasteiger partial charge in [0.25, 0.3) is 10.0 Å². The molecule has 0 aliphatic heterocycles. The summed E-state index contributed by atoms with van der Waals surface area (Å²) in [4.78, 5) is 5.19. The second-order valence-corrected chi connectivity index (χ2v) is 5.01. The van der Waals surface area contributed by atoms with E-state index in [1.54, 1.807) is 0 Å². The molecule has 0 aliphatic rings. The van der Waals surface area contributed by atoms with Gasteiger partial charge in [0.15, 0.2) is 11.6 Å². The van der Waals surface area contributed by atoms with E-state index in [0.29, 0.717) is 6.07 Å². The van der Waals surface area contributed by atoms with E-state index in [1.807, 2.05) is 4.72 Å². The van der Waals surface area contributed by atoms with Crippen molar-refractivity contribution >= 4 is 21.7 Å². The summed E-state index contributed by atoms with van der Waals surface area (Å²) in [5.74, 6) is -2.95. The maximum Gasteiger partial charge on any atom is 0.267 e. The first-order valence-electron chi connectivity index (χ1n) is 4.67. The van der Waals surface area contributed by atoms with E-state index in [0.717, 1.165) is 6.07 Å². The number of benzene rings is 1. The molecule has 4 N–H and O–H groups in total. The van der Waals surface area contributed by atoms with Gasteiger partial charge in [-0.05, 0) is 12.1 Å². The fourth-order valence-electron chi connectivity index (χ4n) is 1.28. The third-order valence-electron chi connectivity index (χ3n) is 2.04. The number of nitrogens with two attached hydrogens (primary N) is 1. The van der Waals surface area contributed by atoms with Crippen molar-refractivity contribution in [3.63, 3.8) is 0 Å². The molecule has 0 amide bonds. The van der Waals surface area contributed by atoms with Crippen LogP contribution in [0.25, 0.3) is 0 Å². The van der Waals surface area contributed by atoms with Gasteiger partial charge in [-0.3, -0.25) is 0 Å². The molecule has 0 atom stereocenters. The number of anilines is 2. The van der Waals surface area contributed by atoms with Crippen LogP contribution in [0.15, 0.2) is 29.4 Å². The molecule has 0 unspecified atom stereocenters. The van der Waals surface area contributed by atoms with E-state index in [2.05, 4.69) is 9.97 Å². The molecular weight excluding hydrogens is 266 g/mol. The van der Waals surface area contributed by atoms with Crippen LogP contribution in [-0.2, 0) is 10.0 Å². The predicted octanol–water partition coefficient (Wildman–Crippen LogP) is 1.07. The van der Waals surface area contributed by atoms with Gasteiger partial charge in [-0.1, -0.05) is 0 Å². The average molecular weight is 274 g/mol. The van der Waals surface area contributed by atoms with Gasteiger partial charge in [0.2, 0.25) is 5.95 Å². The van der Waals surface area contributed by atoms with Crippen LogP contribution in [0.2, 0.25) is 0 Å². The van der Waals surface area contributed by atoms with Gasteiger partial charge >= 0.3 is 0 Å². The highest BCUT2D eigenvalue weighted by atomic mass is 32.2. The van der Waals surface area contributed by atoms with Gasteiger partial charge in [-0.2, -0.15) is 0 Å². The van der Waals surface area contributed by atoms with Crippen molar-refractivity contribution in [3.05, 3.63) is 36.2 Å². The van der Waals surface area contributed by atoms with Crippen molar-refractivity contribution in [2.75, 3.05) is 10.5 Å². The van der Waals surface area contributed by atoms with Crippen LogP contribution in [0.1, 0.15) is 0 Å². The number of hydrogen-bond donors (Lipinski definition) is 3. The Labute approximate surface area is 101 Å². The number of aromatic amines is 1. The number of H-pyrrole nitrogens is 1. The Morgan fingerprint density at radius 2 is 2.06 bits per heavy atom. The van der Waals surface area contributed by atoms with E-state index in [4.69, 9.17) is 5.73 Å². The molecule has 2 aromatic rings. The average Bonchev–Trinajstić information content (AvgIpc) is 2.75. The lowest BCUT2D eigenvalue weighted by Crippen LogP contribution is -2.16. The van der Waals surface area contributed by atoms with Crippen molar-refractivity contribution < 1.29 is 17.2 Å². The number of halogens is 2. The third-order valence-corrected chi connectivity index (χ3v) is 3.37. The van der Waals surface area contributed by atoms with Crippen LogP contribution in [0.4, 0.5) is 20.4 Å². The number of sulfonamides is 1. The first-order chi connectivity index (χ1) is 8.40. The molecule has 2 rings (SSSR count). The molecule has 96 valence electrons. The van der Waals surface area contributed by atoms with Crippen molar-refractivity contribution in [1.29, 1.82) is 0 Å². The Morgan fingerprint density at radius 1 is 1.33 bits per heavy atom. The molecule has 6 nitrogen and oxygen atoms in total. The monoisotopic (exact) mass is 274 g/mol. The van der Waals surface area contributed by atoms with Crippen molar-refractivity contribution in [3.8, 4) is 0 Å². The van der Waals surface area contributed by atoms with Gasteiger partial charge in [0, 0.05) is 18.1 Å². The van der Waals surface area contributed by atoms with Crippen LogP contribution < -0.4 is 10.5 Å². The second kappa shape index (κ2) is 4.26. The van der Waals surface area contributed by atoms with Crippen LogP contribution in [0.3, 0.4) is 0 Å². The zero-order valence-corrected chi connectivity index (χ0v) is 9.63. The van der Waals surface area contributed by atoms with Crippen molar-refractivity contribution in [1.82, 2.24) is 9.97 Å². The summed E-state index contributed by atoms with van der Waals surface area (Å²) in [5, 5.41) is 0. The summed E-state index contributed by atoms with van der Waals surface area (Å²) in [7, 11) is -4.30. The lowest BCUT2D eigenvalue weighted by Gasteiger charge is -2.07. The Hall–Kier alpha value is -2.16. The summed E-state index contributed by atoms with van der Waals surface area (Å²) in [6.07, 6.45) is 2.67. The normalized spacial score (nSPS) is 11.4. The molecule has 1 heterocycles. The number of imidazole rings is 1. The van der Waals surface area contributed by atoms with Gasteiger partial charge in [-0.15, -0.1) is 0 Å². The Morgan fingerprint density at radius 3 is 2.67 bits per heavy atom. The summed E-state index contributed by atoms with van der Waals surface area (Å²) < 4.78 is 52.0. The molecular formula is C9H8F2N4O2S. The minimum atomic E-state index is -4.30. The molecule has 0 saturated heterocycles. The fraction of sp³-hybridized carbons (Fsp3) is 0. The standard InChI is InChI=1S/C9H8F2N4O2S/c10-6-3-5(12)4-7(8(6)11)18(16,17)15-9-13-1-2-14-9/h1-4H,12H2,(H2,13,14,15). The minimum absolute atomic E-state index is 0.114. The molecule has 1 aromatic heterocycles. The Balaban J connectivity index is 2.48. The number of nitrogens with zero attached hydrogens (tertiary/aromatic N) is 1. The van der Waals surface area contributed by atoms with Crippen LogP contribution in [0, 0.1) is 11.6 Å². The van der Waals surface area contributed by atoms with E-state index < -0.39 is 26.6 Å². The number of nitrogen functional groups attached to an aromatic ring is 1. The number of rotatable bonds is 3. The molecule has 0 aliphatic carbocycles. The van der Waals surface area contributed by atoms with E-state index in [1.165, 1.54) is 12.4 Å². The van der Waals surface area contributed by atoms with E-state index in [-0.39, 0.29) is 11.6 Å². The van der Waals surface area contributed by atoms with Crippen LogP contribution >= 0.6 is 0 Å². The predicted molar refractivity (Wildman–Crippen MR) is 60.2 cm³/mol. The number of nitrogens with one attached hydrogen (secondary N) is 2. The van der Waals surface area contributed by atoms with E-state index >= 15 is 0 Å². The second-order valence-electron chi connectivity index (χ2n) is 3.36. The molecule has 0 fully saturated rings. The number of aromatic nitrogens is 2. The molecule has 9 heteroatoms. The third kappa shape index (κ3) is 2.25. The molecule has 18 heavy (non-hydrogen) atoms. The van der Waals surface area contributed by atoms with Gasteiger partial charge < -0.3 is 10.7 Å². The highest BCUT2D eigenvalue weighted by molar-refractivity contribution is 7.92. The summed E-state index contributed by atoms with van der Waals surface area (Å²) >= 11 is 0. The zero-order chi connectivity index (χ0) is 13.3. The van der Waals surface area contributed by atoms with Crippen molar-refractivity contribution in [2.24, 2.45) is 0 Å². The van der Waals surface area contributed by atoms with Crippen LogP contribution in [-0.4, -0.2) is 18.4 Å². The molecule has 0 spiro atoms. The maximum atomic E-state index is 13.4. The Bertz CT molecular complexity index is 670. The topological polar surface area (TPSA) is 101 Å². The minimum Gasteiger partial charge on any atom is -0.399 e. The first kappa shape index (κ1) is 12.3. The van der Waals surface area contributed by atoms with Crippen molar-refractivity contribution in [2.45, 2.75) is 4.90 Å². The lowest BCUT2D eigenvalue weighted by atomic mass is 10.3. The molecule has 1 aromatic carbocycles. The van der Waals surface area contributed by atoms with Crippen LogP contribution in [0.5, 0.6) is 0 Å². The fourth-order valence-corrected chi connectivity index (χ4v) is 2.38. The maximum absolute atomic E-state index is 13.4. The number of hydrogen-bond acceptors (Lipinski definition) is 4. The highest BCUT2D eigenvalue weighted by Gasteiger charge is 2.23. The summed E-state index contributed by atoms with van der Waals surface area (Å²) in [5.41, 5.74) is 5.08. The summed E-state index contributed by atoms with van der Waals surface area (Å²) in [6, 6.07) is 1.52. The molecule has 0 saturated carbocycles. The Kier molecular flexibility index (Phi) is 2.91. The highest BCUT2D eigenvalue weighted by Crippen LogP contribution is 2.22. The van der Waals surface area contributed by atoms with E-state index in [9.17, 15) is 17.2 Å². The quantitative estimate of drug-likeness (QED) is 0.729.